The predicted octanol–water partition coefficient (Wildman–Crippen LogP) is 3.46. The average molecular weight is 391 g/mol. The number of halogens is 4. The number of hydrogen-bond donors (Lipinski definition) is 1. The van der Waals surface area contributed by atoms with Gasteiger partial charge in [0.15, 0.2) is 0 Å². The van der Waals surface area contributed by atoms with E-state index >= 15 is 0 Å². The van der Waals surface area contributed by atoms with Crippen molar-refractivity contribution in [1.82, 2.24) is 10.2 Å². The van der Waals surface area contributed by atoms with Gasteiger partial charge in [-0.3, -0.25) is 4.79 Å². The van der Waals surface area contributed by atoms with Crippen LogP contribution < -0.4 is 10.1 Å². The van der Waals surface area contributed by atoms with Crippen LogP contribution in [0.3, 0.4) is 0 Å². The molecule has 0 radical (unpaired) electrons. The first-order valence-electron chi connectivity index (χ1n) is 8.80. The second-order valence-corrected chi connectivity index (χ2v) is 7.25. The topological polar surface area (TPSA) is 41.6 Å². The Labute approximate surface area is 156 Å². The molecule has 1 amide bonds. The minimum atomic E-state index is -4.72. The van der Waals surface area contributed by atoms with E-state index in [4.69, 9.17) is 0 Å². The Hall–Kier alpha value is -1.47. The van der Waals surface area contributed by atoms with Crippen LogP contribution in [-0.4, -0.2) is 42.3 Å². The molecule has 4 nitrogen and oxygen atoms in total. The van der Waals surface area contributed by atoms with Crippen molar-refractivity contribution in [1.29, 1.82) is 0 Å². The second-order valence-electron chi connectivity index (χ2n) is 7.25. The van der Waals surface area contributed by atoms with Crippen molar-refractivity contribution < 1.29 is 22.7 Å². The molecule has 2 aliphatic heterocycles. The van der Waals surface area contributed by atoms with Crippen molar-refractivity contribution in [3.63, 3.8) is 0 Å². The van der Waals surface area contributed by atoms with Gasteiger partial charge in [0, 0.05) is 31.1 Å². The molecule has 4 rings (SSSR count). The Bertz CT molecular complexity index is 670. The number of likely N-dealkylation sites (tertiary alicyclic amines) is 1. The van der Waals surface area contributed by atoms with Gasteiger partial charge in [-0.1, -0.05) is 18.2 Å². The van der Waals surface area contributed by atoms with Crippen molar-refractivity contribution in [2.75, 3.05) is 13.1 Å². The minimum absolute atomic E-state index is 0. The first-order valence-corrected chi connectivity index (χ1v) is 8.80. The first-order chi connectivity index (χ1) is 11.9. The molecule has 2 saturated heterocycles. The lowest BCUT2D eigenvalue weighted by Crippen LogP contribution is -2.40. The highest BCUT2D eigenvalue weighted by molar-refractivity contribution is 5.85. The standard InChI is InChI=1S/C18H21F3N2O2.ClH/c19-18(20,21)25-16-4-2-1-3-13(16)14-9-15(14)17(24)23-8-7-11-5-6-12(10-23)22-11;/h1-4,11-12,14-15,22H,5-10H2;1H. The maximum absolute atomic E-state index is 12.8. The van der Waals surface area contributed by atoms with Crippen LogP contribution in [0.2, 0.25) is 0 Å². The van der Waals surface area contributed by atoms with Gasteiger partial charge in [-0.05, 0) is 43.2 Å². The number of carbonyl (C=O) groups excluding carboxylic acids is 1. The van der Waals surface area contributed by atoms with Crippen LogP contribution in [0.25, 0.3) is 0 Å². The summed E-state index contributed by atoms with van der Waals surface area (Å²) in [6, 6.07) is 7.00. The van der Waals surface area contributed by atoms with Gasteiger partial charge in [-0.2, -0.15) is 0 Å². The molecule has 4 unspecified atom stereocenters. The molecule has 1 aliphatic carbocycles. The summed E-state index contributed by atoms with van der Waals surface area (Å²) >= 11 is 0. The summed E-state index contributed by atoms with van der Waals surface area (Å²) in [4.78, 5) is 14.7. The Morgan fingerprint density at radius 1 is 1.15 bits per heavy atom. The van der Waals surface area contributed by atoms with Crippen LogP contribution in [0.4, 0.5) is 13.2 Å². The largest absolute Gasteiger partial charge is 0.573 e. The van der Waals surface area contributed by atoms with Crippen LogP contribution in [0.15, 0.2) is 24.3 Å². The van der Waals surface area contributed by atoms with Gasteiger partial charge in [0.05, 0.1) is 0 Å². The molecule has 4 atom stereocenters. The molecule has 1 saturated carbocycles. The van der Waals surface area contributed by atoms with Crippen LogP contribution in [0.5, 0.6) is 5.75 Å². The van der Waals surface area contributed by atoms with Gasteiger partial charge in [0.2, 0.25) is 5.91 Å². The predicted molar refractivity (Wildman–Crippen MR) is 92.4 cm³/mol. The molecule has 144 valence electrons. The van der Waals surface area contributed by atoms with Gasteiger partial charge in [-0.15, -0.1) is 25.6 Å². The summed E-state index contributed by atoms with van der Waals surface area (Å²) in [5, 5.41) is 3.54. The smallest absolute Gasteiger partial charge is 0.405 e. The summed E-state index contributed by atoms with van der Waals surface area (Å²) in [6.07, 6.45) is -0.922. The molecule has 1 aromatic carbocycles. The number of carbonyl (C=O) groups is 1. The van der Waals surface area contributed by atoms with E-state index in [9.17, 15) is 18.0 Å². The molecule has 1 N–H and O–H groups in total. The zero-order valence-electron chi connectivity index (χ0n) is 14.2. The number of rotatable bonds is 3. The van der Waals surface area contributed by atoms with Crippen molar-refractivity contribution >= 4 is 18.3 Å². The van der Waals surface area contributed by atoms with E-state index in [1.807, 2.05) is 4.90 Å². The minimum Gasteiger partial charge on any atom is -0.405 e. The monoisotopic (exact) mass is 390 g/mol. The number of nitrogens with one attached hydrogen (secondary N) is 1. The maximum atomic E-state index is 12.8. The third-order valence-corrected chi connectivity index (χ3v) is 5.49. The summed E-state index contributed by atoms with van der Waals surface area (Å²) in [5.41, 5.74) is 0.479. The lowest BCUT2D eigenvalue weighted by molar-refractivity contribution is -0.274. The van der Waals surface area contributed by atoms with Crippen molar-refractivity contribution in [3.8, 4) is 5.75 Å². The highest BCUT2D eigenvalue weighted by Crippen LogP contribution is 2.51. The average Bonchev–Trinajstić information content (AvgIpc) is 3.24. The van der Waals surface area contributed by atoms with E-state index in [-0.39, 0.29) is 35.9 Å². The van der Waals surface area contributed by atoms with Crippen molar-refractivity contribution in [2.45, 2.75) is 50.0 Å². The summed E-state index contributed by atoms with van der Waals surface area (Å²) < 4.78 is 41.9. The van der Waals surface area contributed by atoms with Crippen LogP contribution >= 0.6 is 12.4 Å². The Morgan fingerprint density at radius 2 is 1.88 bits per heavy atom. The molecular formula is C18H22ClF3N2O2. The molecule has 3 aliphatic rings. The molecule has 2 bridgehead atoms. The summed E-state index contributed by atoms with van der Waals surface area (Å²) in [5.74, 6) is -0.526. The van der Waals surface area contributed by atoms with E-state index in [1.165, 1.54) is 18.6 Å². The highest BCUT2D eigenvalue weighted by Gasteiger charge is 2.48. The van der Waals surface area contributed by atoms with Gasteiger partial charge in [-0.25, -0.2) is 0 Å². The zero-order valence-corrected chi connectivity index (χ0v) is 15.0. The number of fused-ring (bicyclic) bond motifs is 2. The van der Waals surface area contributed by atoms with Gasteiger partial charge in [0.1, 0.15) is 5.75 Å². The van der Waals surface area contributed by atoms with Gasteiger partial charge < -0.3 is 15.0 Å². The fourth-order valence-electron chi connectivity index (χ4n) is 4.19. The fourth-order valence-corrected chi connectivity index (χ4v) is 4.19. The number of benzene rings is 1. The Balaban J connectivity index is 0.00000196. The van der Waals surface area contributed by atoms with Crippen molar-refractivity contribution in [2.24, 2.45) is 5.92 Å². The van der Waals surface area contributed by atoms with Crippen molar-refractivity contribution in [3.05, 3.63) is 29.8 Å². The number of amides is 1. The van der Waals surface area contributed by atoms with Crippen LogP contribution in [-0.2, 0) is 4.79 Å². The molecule has 8 heteroatoms. The fraction of sp³-hybridized carbons (Fsp3) is 0.611. The van der Waals surface area contributed by atoms with Gasteiger partial charge in [0.25, 0.3) is 0 Å². The van der Waals surface area contributed by atoms with E-state index in [0.717, 1.165) is 19.4 Å². The quantitative estimate of drug-likeness (QED) is 0.859. The van der Waals surface area contributed by atoms with Crippen LogP contribution in [0.1, 0.15) is 37.2 Å². The lowest BCUT2D eigenvalue weighted by Gasteiger charge is -2.24. The molecular weight excluding hydrogens is 369 g/mol. The summed E-state index contributed by atoms with van der Waals surface area (Å²) in [6.45, 7) is 1.44. The number of para-hydroxylation sites is 1. The SMILES string of the molecule is Cl.O=C(C1CC1c1ccccc1OC(F)(F)F)N1CCC2CCC(C1)N2. The van der Waals surface area contributed by atoms with Gasteiger partial charge >= 0.3 is 6.36 Å². The third kappa shape index (κ3) is 4.09. The Kier molecular flexibility index (Phi) is 5.40. The van der Waals surface area contributed by atoms with E-state index in [2.05, 4.69) is 10.1 Å². The molecule has 0 spiro atoms. The highest BCUT2D eigenvalue weighted by atomic mass is 35.5. The Morgan fingerprint density at radius 3 is 2.65 bits per heavy atom. The molecule has 2 heterocycles. The number of hydrogen-bond acceptors (Lipinski definition) is 3. The molecule has 3 fully saturated rings. The normalized spacial score (nSPS) is 30.3. The van der Waals surface area contributed by atoms with E-state index < -0.39 is 6.36 Å². The molecule has 26 heavy (non-hydrogen) atoms. The third-order valence-electron chi connectivity index (χ3n) is 5.49. The first kappa shape index (κ1) is 19.3. The summed E-state index contributed by atoms with van der Waals surface area (Å²) in [7, 11) is 0. The number of nitrogens with zero attached hydrogens (tertiary/aromatic N) is 1. The number of alkyl halides is 3. The second kappa shape index (κ2) is 7.27. The van der Waals surface area contributed by atoms with Crippen LogP contribution in [0, 0.1) is 5.92 Å². The maximum Gasteiger partial charge on any atom is 0.573 e. The zero-order chi connectivity index (χ0) is 17.6. The van der Waals surface area contributed by atoms with E-state index in [0.29, 0.717) is 30.6 Å². The molecule has 0 aromatic heterocycles. The molecule has 1 aromatic rings. The lowest BCUT2D eigenvalue weighted by atomic mass is 10.1. The number of ether oxygens (including phenoxy) is 1. The van der Waals surface area contributed by atoms with E-state index in [1.54, 1.807) is 12.1 Å².